The summed E-state index contributed by atoms with van der Waals surface area (Å²) in [7, 11) is 1.76. The summed E-state index contributed by atoms with van der Waals surface area (Å²) in [6.45, 7) is 1.60. The molecule has 6 rings (SSSR count). The second kappa shape index (κ2) is 10.3. The molecule has 13 heteroatoms. The summed E-state index contributed by atoms with van der Waals surface area (Å²) >= 11 is 0. The first-order chi connectivity index (χ1) is 20.2. The molecule has 0 aliphatic rings. The monoisotopic (exact) mass is 565 g/mol. The van der Waals surface area contributed by atoms with Crippen LogP contribution in [0, 0.1) is 23.5 Å². The third-order valence-corrected chi connectivity index (χ3v) is 6.52. The Morgan fingerprint density at radius 2 is 1.95 bits per heavy atom. The van der Waals surface area contributed by atoms with Crippen molar-refractivity contribution in [1.82, 2.24) is 39.2 Å². The standard InChI is InChI=1S/C29H21F2N9O2/c1-16(35-28(41)24-25(32)37-39-12-4-11-33-27(24)39)26-36-22-6-3-5-18(8-7-17-14-34-38(2)15-17)23(22)29(42)40(26)19-9-10-20(30)21(31)13-19/h3-6,9-16H,1-2H3,(H2,32,37)(H,35,41)/t16-/m1/s1. The van der Waals surface area contributed by atoms with E-state index in [1.54, 1.807) is 61.5 Å². The van der Waals surface area contributed by atoms with Crippen LogP contribution in [0.3, 0.4) is 0 Å². The number of carbonyl (C=O) groups excluding carboxylic acids is 1. The lowest BCUT2D eigenvalue weighted by molar-refractivity contribution is 0.0940. The Morgan fingerprint density at radius 1 is 1.12 bits per heavy atom. The molecule has 1 atom stereocenters. The van der Waals surface area contributed by atoms with E-state index in [-0.39, 0.29) is 33.9 Å². The molecule has 4 heterocycles. The Morgan fingerprint density at radius 3 is 2.71 bits per heavy atom. The van der Waals surface area contributed by atoms with Crippen molar-refractivity contribution in [1.29, 1.82) is 0 Å². The third kappa shape index (κ3) is 4.60. The first-order valence-electron chi connectivity index (χ1n) is 12.6. The number of halogens is 2. The largest absolute Gasteiger partial charge is 0.381 e. The number of benzene rings is 2. The van der Waals surface area contributed by atoms with Gasteiger partial charge in [0.2, 0.25) is 0 Å². The van der Waals surface area contributed by atoms with Gasteiger partial charge in [-0.2, -0.15) is 5.10 Å². The lowest BCUT2D eigenvalue weighted by atomic mass is 10.1. The molecule has 0 saturated heterocycles. The number of nitrogen functional groups attached to an aromatic ring is 1. The van der Waals surface area contributed by atoms with Gasteiger partial charge in [0.1, 0.15) is 11.4 Å². The van der Waals surface area contributed by atoms with E-state index in [0.717, 1.165) is 16.7 Å². The first-order valence-corrected chi connectivity index (χ1v) is 12.6. The van der Waals surface area contributed by atoms with Gasteiger partial charge in [-0.05, 0) is 37.3 Å². The number of hydrogen-bond acceptors (Lipinski definition) is 7. The number of aryl methyl sites for hydroxylation is 1. The maximum atomic E-state index is 14.4. The van der Waals surface area contributed by atoms with Gasteiger partial charge in [0.25, 0.3) is 11.5 Å². The summed E-state index contributed by atoms with van der Waals surface area (Å²) < 4.78 is 32.3. The number of fused-ring (bicyclic) bond motifs is 2. The molecule has 1 amide bonds. The second-order valence-electron chi connectivity index (χ2n) is 9.40. The van der Waals surface area contributed by atoms with Crippen LogP contribution in [0.2, 0.25) is 0 Å². The molecule has 208 valence electrons. The molecule has 0 radical (unpaired) electrons. The molecule has 0 aliphatic heterocycles. The van der Waals surface area contributed by atoms with E-state index in [9.17, 15) is 18.4 Å². The molecule has 11 nitrogen and oxygen atoms in total. The zero-order valence-electron chi connectivity index (χ0n) is 22.2. The van der Waals surface area contributed by atoms with Gasteiger partial charge in [-0.1, -0.05) is 17.9 Å². The number of nitrogens with two attached hydrogens (primary N) is 1. The van der Waals surface area contributed by atoms with Crippen molar-refractivity contribution in [3.05, 3.63) is 112 Å². The van der Waals surface area contributed by atoms with E-state index in [0.29, 0.717) is 16.6 Å². The summed E-state index contributed by atoms with van der Waals surface area (Å²) in [5, 5.41) is 11.1. The van der Waals surface area contributed by atoms with Gasteiger partial charge < -0.3 is 11.1 Å². The summed E-state index contributed by atoms with van der Waals surface area (Å²) in [5.41, 5.74) is 7.02. The fourth-order valence-electron chi connectivity index (χ4n) is 4.60. The number of carbonyl (C=O) groups is 1. The second-order valence-corrected chi connectivity index (χ2v) is 9.40. The number of hydrogen-bond donors (Lipinski definition) is 2. The fourth-order valence-corrected chi connectivity index (χ4v) is 4.60. The third-order valence-electron chi connectivity index (χ3n) is 6.52. The summed E-state index contributed by atoms with van der Waals surface area (Å²) in [6, 6.07) is 8.77. The lowest BCUT2D eigenvalue weighted by Gasteiger charge is -2.20. The van der Waals surface area contributed by atoms with Crippen LogP contribution in [0.15, 0.2) is 72.0 Å². The number of anilines is 1. The van der Waals surface area contributed by atoms with E-state index in [2.05, 4.69) is 37.3 Å². The average Bonchev–Trinajstić information content (AvgIpc) is 3.54. The molecule has 0 spiro atoms. The van der Waals surface area contributed by atoms with Crippen LogP contribution >= 0.6 is 0 Å². The Kier molecular flexibility index (Phi) is 6.43. The van der Waals surface area contributed by atoms with Gasteiger partial charge in [0.15, 0.2) is 23.1 Å². The van der Waals surface area contributed by atoms with Crippen molar-refractivity contribution in [3.63, 3.8) is 0 Å². The summed E-state index contributed by atoms with van der Waals surface area (Å²) in [6.07, 6.45) is 6.41. The van der Waals surface area contributed by atoms with Gasteiger partial charge in [-0.25, -0.2) is 23.3 Å². The number of amides is 1. The molecule has 3 N–H and O–H groups in total. The highest BCUT2D eigenvalue weighted by Gasteiger charge is 2.25. The number of nitrogens with one attached hydrogen (secondary N) is 1. The van der Waals surface area contributed by atoms with Crippen molar-refractivity contribution >= 4 is 28.3 Å². The lowest BCUT2D eigenvalue weighted by Crippen LogP contribution is -2.33. The molecule has 6 aromatic rings. The van der Waals surface area contributed by atoms with E-state index in [1.807, 2.05) is 0 Å². The van der Waals surface area contributed by atoms with E-state index in [4.69, 9.17) is 5.73 Å². The molecule has 0 fully saturated rings. The van der Waals surface area contributed by atoms with Crippen LogP contribution in [-0.4, -0.2) is 39.8 Å². The van der Waals surface area contributed by atoms with Crippen LogP contribution < -0.4 is 16.6 Å². The molecule has 4 aromatic heterocycles. The van der Waals surface area contributed by atoms with Crippen LogP contribution in [0.1, 0.15) is 40.3 Å². The maximum Gasteiger partial charge on any atom is 0.267 e. The van der Waals surface area contributed by atoms with Crippen molar-refractivity contribution in [2.75, 3.05) is 5.73 Å². The quantitative estimate of drug-likeness (QED) is 0.314. The molecule has 42 heavy (non-hydrogen) atoms. The van der Waals surface area contributed by atoms with Gasteiger partial charge in [-0.3, -0.25) is 18.8 Å². The van der Waals surface area contributed by atoms with E-state index < -0.39 is 29.1 Å². The van der Waals surface area contributed by atoms with E-state index in [1.165, 1.54) is 16.8 Å². The maximum absolute atomic E-state index is 14.4. The zero-order valence-corrected chi connectivity index (χ0v) is 22.2. The van der Waals surface area contributed by atoms with Crippen LogP contribution in [-0.2, 0) is 7.05 Å². The smallest absolute Gasteiger partial charge is 0.267 e. The molecular formula is C29H21F2N9O2. The topological polar surface area (TPSA) is 138 Å². The van der Waals surface area contributed by atoms with Crippen molar-refractivity contribution < 1.29 is 13.6 Å². The minimum atomic E-state index is -1.16. The molecule has 2 aromatic carbocycles. The molecule has 0 unspecified atom stereocenters. The SMILES string of the molecule is C[C@@H](NC(=O)c1c(N)nn2cccnc12)c1nc2cccc(C#Cc3cnn(C)c3)c2c(=O)n1-c1ccc(F)c(F)c1. The minimum absolute atomic E-state index is 0.0107. The molecular weight excluding hydrogens is 544 g/mol. The van der Waals surface area contributed by atoms with Gasteiger partial charge in [-0.15, -0.1) is 5.10 Å². The van der Waals surface area contributed by atoms with E-state index >= 15 is 0 Å². The van der Waals surface area contributed by atoms with Crippen LogP contribution in [0.5, 0.6) is 0 Å². The van der Waals surface area contributed by atoms with Crippen molar-refractivity contribution in [3.8, 4) is 17.5 Å². The van der Waals surface area contributed by atoms with Crippen molar-refractivity contribution in [2.45, 2.75) is 13.0 Å². The number of rotatable bonds is 4. The highest BCUT2D eigenvalue weighted by Crippen LogP contribution is 2.23. The summed E-state index contributed by atoms with van der Waals surface area (Å²) in [4.78, 5) is 36.3. The number of nitrogens with zero attached hydrogens (tertiary/aromatic N) is 7. The molecule has 0 saturated carbocycles. The normalized spacial score (nSPS) is 11.8. The Labute approximate surface area is 236 Å². The first kappa shape index (κ1) is 26.3. The highest BCUT2D eigenvalue weighted by atomic mass is 19.2. The number of aromatic nitrogens is 7. The van der Waals surface area contributed by atoms with Gasteiger partial charge in [0, 0.05) is 37.3 Å². The predicted molar refractivity (Wildman–Crippen MR) is 150 cm³/mol. The minimum Gasteiger partial charge on any atom is -0.381 e. The molecule has 0 bridgehead atoms. The predicted octanol–water partition coefficient (Wildman–Crippen LogP) is 2.91. The summed E-state index contributed by atoms with van der Waals surface area (Å²) in [5.74, 6) is 3.13. The Bertz CT molecular complexity index is 2150. The average molecular weight is 566 g/mol. The van der Waals surface area contributed by atoms with Gasteiger partial charge >= 0.3 is 0 Å². The van der Waals surface area contributed by atoms with Crippen molar-refractivity contribution in [2.24, 2.45) is 7.05 Å². The highest BCUT2D eigenvalue weighted by molar-refractivity contribution is 6.04. The zero-order chi connectivity index (χ0) is 29.5. The molecule has 0 aliphatic carbocycles. The Hall–Kier alpha value is -5.90. The van der Waals surface area contributed by atoms with Crippen LogP contribution in [0.25, 0.3) is 22.2 Å². The Balaban J connectivity index is 1.50. The van der Waals surface area contributed by atoms with Gasteiger partial charge in [0.05, 0.1) is 34.4 Å². The van der Waals surface area contributed by atoms with Crippen LogP contribution in [0.4, 0.5) is 14.6 Å². The fraction of sp³-hybridized carbons (Fsp3) is 0.103.